The van der Waals surface area contributed by atoms with Crippen molar-refractivity contribution in [3.63, 3.8) is 0 Å². The molecule has 0 aliphatic heterocycles. The average Bonchev–Trinajstić information content (AvgIpc) is 2.96. The van der Waals surface area contributed by atoms with Gasteiger partial charge in [0, 0.05) is 18.3 Å². The van der Waals surface area contributed by atoms with Crippen molar-refractivity contribution in [1.29, 1.82) is 5.26 Å². The summed E-state index contributed by atoms with van der Waals surface area (Å²) >= 11 is 0. The number of hydrogen-bond donors (Lipinski definition) is 0. The third-order valence-corrected chi connectivity index (χ3v) is 3.72. The minimum atomic E-state index is -4.46. The minimum absolute atomic E-state index is 0.172. The van der Waals surface area contributed by atoms with Gasteiger partial charge in [-0.25, -0.2) is 4.98 Å². The van der Waals surface area contributed by atoms with E-state index in [4.69, 9.17) is 0 Å². The van der Waals surface area contributed by atoms with Crippen molar-refractivity contribution in [2.75, 3.05) is 0 Å². The molecule has 1 aromatic heterocycles. The fraction of sp³-hybridized carbons (Fsp3) is 0.353. The number of halogens is 3. The van der Waals surface area contributed by atoms with Gasteiger partial charge in [-0.2, -0.15) is 18.4 Å². The van der Waals surface area contributed by atoms with Crippen molar-refractivity contribution in [3.05, 3.63) is 54.1 Å². The van der Waals surface area contributed by atoms with E-state index in [1.165, 1.54) is 6.20 Å². The first-order valence-corrected chi connectivity index (χ1v) is 7.43. The lowest BCUT2D eigenvalue weighted by Gasteiger charge is -2.18. The van der Waals surface area contributed by atoms with Gasteiger partial charge in [-0.05, 0) is 12.0 Å². The molecule has 7 heteroatoms. The molecule has 0 radical (unpaired) electrons. The van der Waals surface area contributed by atoms with Crippen LogP contribution in [-0.4, -0.2) is 21.5 Å². The molecule has 1 heterocycles. The molecule has 0 fully saturated rings. The van der Waals surface area contributed by atoms with Crippen LogP contribution < -0.4 is 0 Å². The lowest BCUT2D eigenvalue weighted by atomic mass is 9.85. The molecule has 1 aromatic carbocycles. The van der Waals surface area contributed by atoms with Gasteiger partial charge in [0.2, 0.25) is 0 Å². The summed E-state index contributed by atoms with van der Waals surface area (Å²) in [5, 5.41) is 9.38. The lowest BCUT2D eigenvalue weighted by molar-refractivity contribution is -0.141. The van der Waals surface area contributed by atoms with Gasteiger partial charge >= 0.3 is 6.18 Å². The molecule has 0 bridgehead atoms. The Bertz CT molecular complexity index is 732. The number of Topliss-reactive ketones (excluding diaryl/α,β-unsaturated/α-hetero) is 1. The maximum absolute atomic E-state index is 12.8. The number of imidazole rings is 1. The third-order valence-electron chi connectivity index (χ3n) is 3.72. The molecular formula is C17H16F3N3O. The summed E-state index contributed by atoms with van der Waals surface area (Å²) in [7, 11) is 0. The van der Waals surface area contributed by atoms with Crippen LogP contribution in [0.5, 0.6) is 0 Å². The smallest absolute Gasteiger partial charge is 0.324 e. The van der Waals surface area contributed by atoms with Gasteiger partial charge in [-0.1, -0.05) is 37.3 Å². The zero-order valence-electron chi connectivity index (χ0n) is 13.0. The molecule has 24 heavy (non-hydrogen) atoms. The second kappa shape index (κ2) is 7.30. The van der Waals surface area contributed by atoms with E-state index in [1.807, 2.05) is 6.07 Å². The predicted octanol–water partition coefficient (Wildman–Crippen LogP) is 3.82. The quantitative estimate of drug-likeness (QED) is 0.806. The zero-order valence-corrected chi connectivity index (χ0v) is 13.0. The van der Waals surface area contributed by atoms with Gasteiger partial charge in [0.05, 0.1) is 6.07 Å². The standard InChI is InChI=1S/C17H16F3N3O/c1-2-13(12-6-4-3-5-7-12)15(24)14(10-21)16-22-8-9-23(16)11-17(18,19)20/h3-9,13-14H,2,11H2,1H3. The highest BCUT2D eigenvalue weighted by molar-refractivity contribution is 5.93. The summed E-state index contributed by atoms with van der Waals surface area (Å²) in [6.45, 7) is 0.516. The number of carbonyl (C=O) groups is 1. The van der Waals surface area contributed by atoms with Crippen molar-refractivity contribution in [2.24, 2.45) is 0 Å². The van der Waals surface area contributed by atoms with Crippen LogP contribution in [0.4, 0.5) is 13.2 Å². The highest BCUT2D eigenvalue weighted by Crippen LogP contribution is 2.29. The van der Waals surface area contributed by atoms with Gasteiger partial charge < -0.3 is 4.57 Å². The fourth-order valence-corrected chi connectivity index (χ4v) is 2.64. The van der Waals surface area contributed by atoms with E-state index in [1.54, 1.807) is 37.3 Å². The number of alkyl halides is 3. The molecule has 2 atom stereocenters. The van der Waals surface area contributed by atoms with E-state index in [-0.39, 0.29) is 5.82 Å². The number of nitriles is 1. The van der Waals surface area contributed by atoms with E-state index in [9.17, 15) is 23.2 Å². The largest absolute Gasteiger partial charge is 0.406 e. The average molecular weight is 335 g/mol. The van der Waals surface area contributed by atoms with Crippen molar-refractivity contribution in [2.45, 2.75) is 37.9 Å². The number of ketones is 1. The number of nitrogens with zero attached hydrogens (tertiary/aromatic N) is 3. The van der Waals surface area contributed by atoms with E-state index in [0.29, 0.717) is 6.42 Å². The molecule has 2 unspecified atom stereocenters. The summed E-state index contributed by atoms with van der Waals surface area (Å²) in [5.74, 6) is -2.52. The first-order valence-electron chi connectivity index (χ1n) is 7.43. The second-order valence-electron chi connectivity index (χ2n) is 5.36. The Kier molecular flexibility index (Phi) is 5.39. The molecule has 0 spiro atoms. The van der Waals surface area contributed by atoms with Crippen LogP contribution in [0, 0.1) is 11.3 Å². The molecule has 0 saturated carbocycles. The van der Waals surface area contributed by atoms with Gasteiger partial charge in [-0.3, -0.25) is 4.79 Å². The first-order chi connectivity index (χ1) is 11.4. The van der Waals surface area contributed by atoms with Crippen LogP contribution in [0.15, 0.2) is 42.7 Å². The highest BCUT2D eigenvalue weighted by Gasteiger charge is 2.34. The fourth-order valence-electron chi connectivity index (χ4n) is 2.64. The predicted molar refractivity (Wildman–Crippen MR) is 81.1 cm³/mol. The number of aromatic nitrogens is 2. The van der Waals surface area contributed by atoms with E-state index in [0.717, 1.165) is 16.3 Å². The molecule has 2 aromatic rings. The minimum Gasteiger partial charge on any atom is -0.324 e. The van der Waals surface area contributed by atoms with Crippen LogP contribution in [-0.2, 0) is 11.3 Å². The van der Waals surface area contributed by atoms with E-state index < -0.39 is 30.3 Å². The molecule has 0 aliphatic rings. The summed E-state index contributed by atoms with van der Waals surface area (Å²) in [6.07, 6.45) is -1.71. The van der Waals surface area contributed by atoms with Crippen molar-refractivity contribution in [1.82, 2.24) is 9.55 Å². The Balaban J connectivity index is 2.33. The van der Waals surface area contributed by atoms with E-state index >= 15 is 0 Å². The van der Waals surface area contributed by atoms with Crippen LogP contribution in [0.2, 0.25) is 0 Å². The summed E-state index contributed by atoms with van der Waals surface area (Å²) < 4.78 is 38.7. The van der Waals surface area contributed by atoms with Gasteiger partial charge in [0.15, 0.2) is 11.7 Å². The third kappa shape index (κ3) is 4.02. The van der Waals surface area contributed by atoms with Crippen LogP contribution in [0.25, 0.3) is 0 Å². The number of benzene rings is 1. The SMILES string of the molecule is CCC(C(=O)C(C#N)c1nccn1CC(F)(F)F)c1ccccc1. The molecule has 4 nitrogen and oxygen atoms in total. The normalized spacial score (nSPS) is 14.0. The second-order valence-corrected chi connectivity index (χ2v) is 5.36. The van der Waals surface area contributed by atoms with Gasteiger partial charge in [-0.15, -0.1) is 0 Å². The van der Waals surface area contributed by atoms with Crippen LogP contribution in [0.1, 0.15) is 36.6 Å². The highest BCUT2D eigenvalue weighted by atomic mass is 19.4. The Hall–Kier alpha value is -2.62. The maximum atomic E-state index is 12.8. The zero-order chi connectivity index (χ0) is 17.7. The molecule has 0 aliphatic carbocycles. The van der Waals surface area contributed by atoms with Crippen LogP contribution in [0.3, 0.4) is 0 Å². The molecule has 0 saturated heterocycles. The van der Waals surface area contributed by atoms with Crippen molar-refractivity contribution < 1.29 is 18.0 Å². The summed E-state index contributed by atoms with van der Waals surface area (Å²) in [6, 6.07) is 10.7. The van der Waals surface area contributed by atoms with E-state index in [2.05, 4.69) is 4.98 Å². The molecule has 2 rings (SSSR count). The van der Waals surface area contributed by atoms with Crippen molar-refractivity contribution >= 4 is 5.78 Å². The molecule has 0 N–H and O–H groups in total. The molecular weight excluding hydrogens is 319 g/mol. The molecule has 126 valence electrons. The Morgan fingerprint density at radius 3 is 2.54 bits per heavy atom. The van der Waals surface area contributed by atoms with Gasteiger partial charge in [0.25, 0.3) is 0 Å². The number of rotatable bonds is 6. The summed E-state index contributed by atoms with van der Waals surface area (Å²) in [4.78, 5) is 16.6. The maximum Gasteiger partial charge on any atom is 0.406 e. The topological polar surface area (TPSA) is 58.7 Å². The van der Waals surface area contributed by atoms with Gasteiger partial charge in [0.1, 0.15) is 12.4 Å². The summed E-state index contributed by atoms with van der Waals surface area (Å²) in [5.41, 5.74) is 0.735. The van der Waals surface area contributed by atoms with Crippen molar-refractivity contribution in [3.8, 4) is 6.07 Å². The Labute approximate surface area is 137 Å². The Morgan fingerprint density at radius 1 is 1.33 bits per heavy atom. The lowest BCUT2D eigenvalue weighted by Crippen LogP contribution is -2.25. The first kappa shape index (κ1) is 17.7. The number of carbonyl (C=O) groups excluding carboxylic acids is 1. The van der Waals surface area contributed by atoms with Crippen LogP contribution >= 0.6 is 0 Å². The Morgan fingerprint density at radius 2 is 2.00 bits per heavy atom. The number of hydrogen-bond acceptors (Lipinski definition) is 3. The molecule has 0 amide bonds. The monoisotopic (exact) mass is 335 g/mol.